The number of hydrogen-bond donors (Lipinski definition) is 1. The van der Waals surface area contributed by atoms with Crippen molar-refractivity contribution < 1.29 is 4.39 Å². The molecule has 0 aromatic heterocycles. The monoisotopic (exact) mass is 297 g/mol. The third-order valence-corrected chi connectivity index (χ3v) is 4.73. The summed E-state index contributed by atoms with van der Waals surface area (Å²) in [6.45, 7) is 3.07. The smallest absolute Gasteiger partial charge is 0.123 e. The van der Waals surface area contributed by atoms with Gasteiger partial charge in [-0.15, -0.1) is 0 Å². The summed E-state index contributed by atoms with van der Waals surface area (Å²) in [5, 5.41) is 4.20. The quantitative estimate of drug-likeness (QED) is 0.749. The highest BCUT2D eigenvalue weighted by atomic mass is 35.5. The molecule has 20 heavy (non-hydrogen) atoms. The Morgan fingerprint density at radius 3 is 2.80 bits per heavy atom. The summed E-state index contributed by atoms with van der Waals surface area (Å²) >= 11 is 6.17. The van der Waals surface area contributed by atoms with Crippen LogP contribution in [0.15, 0.2) is 18.2 Å². The maximum Gasteiger partial charge on any atom is 0.123 e. The number of likely N-dealkylation sites (N-methyl/N-ethyl adjacent to an activating group) is 1. The van der Waals surface area contributed by atoms with Gasteiger partial charge in [-0.2, -0.15) is 0 Å². The first kappa shape index (κ1) is 15.8. The normalized spacial score (nSPS) is 17.6. The zero-order chi connectivity index (χ0) is 14.4. The van der Waals surface area contributed by atoms with Gasteiger partial charge in [0.1, 0.15) is 5.82 Å². The Kier molecular flexibility index (Phi) is 6.31. The molecule has 1 atom stereocenters. The van der Waals surface area contributed by atoms with Crippen LogP contribution in [-0.2, 0) is 6.42 Å². The molecule has 1 aliphatic carbocycles. The number of benzene rings is 1. The van der Waals surface area contributed by atoms with Crippen LogP contribution in [-0.4, -0.2) is 12.6 Å². The minimum absolute atomic E-state index is 0.199. The van der Waals surface area contributed by atoms with Crippen LogP contribution < -0.4 is 5.32 Å². The van der Waals surface area contributed by atoms with Crippen molar-refractivity contribution >= 4 is 11.6 Å². The van der Waals surface area contributed by atoms with Gasteiger partial charge in [0.25, 0.3) is 0 Å². The lowest BCUT2D eigenvalue weighted by molar-refractivity contribution is 0.407. The molecule has 1 nitrogen and oxygen atoms in total. The lowest BCUT2D eigenvalue weighted by Crippen LogP contribution is -2.31. The molecule has 1 aliphatic rings. The number of halogens is 2. The topological polar surface area (TPSA) is 12.0 Å². The average Bonchev–Trinajstić information content (AvgIpc) is 2.93. The Hall–Kier alpha value is -0.600. The summed E-state index contributed by atoms with van der Waals surface area (Å²) in [5.74, 6) is 0.703. The van der Waals surface area contributed by atoms with Gasteiger partial charge in [-0.1, -0.05) is 44.2 Å². The van der Waals surface area contributed by atoms with E-state index in [1.54, 1.807) is 12.1 Å². The highest BCUT2D eigenvalue weighted by Crippen LogP contribution is 2.29. The number of nitrogens with one attached hydrogen (secondary N) is 1. The summed E-state index contributed by atoms with van der Waals surface area (Å²) in [4.78, 5) is 0. The van der Waals surface area contributed by atoms with Crippen molar-refractivity contribution in [2.75, 3.05) is 6.54 Å². The van der Waals surface area contributed by atoms with Crippen molar-refractivity contribution in [3.05, 3.63) is 34.6 Å². The molecule has 0 radical (unpaired) electrons. The average molecular weight is 298 g/mol. The molecule has 1 N–H and O–H groups in total. The molecule has 3 heteroatoms. The van der Waals surface area contributed by atoms with Crippen molar-refractivity contribution in [3.8, 4) is 0 Å². The van der Waals surface area contributed by atoms with E-state index in [2.05, 4.69) is 12.2 Å². The third kappa shape index (κ3) is 4.75. The van der Waals surface area contributed by atoms with Gasteiger partial charge in [0, 0.05) is 11.1 Å². The van der Waals surface area contributed by atoms with Gasteiger partial charge >= 0.3 is 0 Å². The molecule has 0 amide bonds. The Bertz CT molecular complexity index is 415. The van der Waals surface area contributed by atoms with Crippen LogP contribution in [0.4, 0.5) is 4.39 Å². The number of rotatable bonds is 7. The lowest BCUT2D eigenvalue weighted by Gasteiger charge is -2.20. The number of hydrogen-bond acceptors (Lipinski definition) is 1. The summed E-state index contributed by atoms with van der Waals surface area (Å²) in [6.07, 6.45) is 8.82. The molecule has 0 spiro atoms. The Morgan fingerprint density at radius 2 is 2.10 bits per heavy atom. The van der Waals surface area contributed by atoms with Crippen LogP contribution in [0.3, 0.4) is 0 Å². The molecule has 2 rings (SSSR count). The van der Waals surface area contributed by atoms with E-state index in [9.17, 15) is 4.39 Å². The first-order valence-electron chi connectivity index (χ1n) is 7.86. The van der Waals surface area contributed by atoms with E-state index in [1.165, 1.54) is 38.2 Å². The van der Waals surface area contributed by atoms with Gasteiger partial charge < -0.3 is 5.32 Å². The summed E-state index contributed by atoms with van der Waals surface area (Å²) < 4.78 is 13.3. The Labute approximate surface area is 126 Å². The van der Waals surface area contributed by atoms with Crippen molar-refractivity contribution in [1.29, 1.82) is 0 Å². The highest BCUT2D eigenvalue weighted by Gasteiger charge is 2.18. The van der Waals surface area contributed by atoms with Gasteiger partial charge in [-0.25, -0.2) is 4.39 Å². The van der Waals surface area contributed by atoms with Gasteiger partial charge in [0.15, 0.2) is 0 Å². The van der Waals surface area contributed by atoms with E-state index in [4.69, 9.17) is 11.6 Å². The summed E-state index contributed by atoms with van der Waals surface area (Å²) in [7, 11) is 0. The van der Waals surface area contributed by atoms with Gasteiger partial charge in [0.05, 0.1) is 0 Å². The predicted molar refractivity (Wildman–Crippen MR) is 83.8 cm³/mol. The molecule has 0 aliphatic heterocycles. The molecule has 1 saturated carbocycles. The highest BCUT2D eigenvalue weighted by molar-refractivity contribution is 6.31. The van der Waals surface area contributed by atoms with E-state index >= 15 is 0 Å². The molecule has 1 aromatic rings. The predicted octanol–water partition coefficient (Wildman–Crippen LogP) is 4.97. The molecule has 0 saturated heterocycles. The molecule has 112 valence electrons. The van der Waals surface area contributed by atoms with E-state index < -0.39 is 0 Å². The Balaban J connectivity index is 1.91. The van der Waals surface area contributed by atoms with E-state index in [0.717, 1.165) is 30.9 Å². The first-order chi connectivity index (χ1) is 9.69. The maximum atomic E-state index is 13.3. The fourth-order valence-electron chi connectivity index (χ4n) is 3.27. The van der Waals surface area contributed by atoms with Crippen LogP contribution >= 0.6 is 11.6 Å². The van der Waals surface area contributed by atoms with Gasteiger partial charge in [0.2, 0.25) is 0 Å². The van der Waals surface area contributed by atoms with Crippen LogP contribution in [0.2, 0.25) is 5.02 Å². The van der Waals surface area contributed by atoms with Crippen molar-refractivity contribution in [2.24, 2.45) is 5.92 Å². The molecule has 1 unspecified atom stereocenters. The minimum Gasteiger partial charge on any atom is -0.314 e. The van der Waals surface area contributed by atoms with Crippen molar-refractivity contribution in [1.82, 2.24) is 5.32 Å². The molecular formula is C17H25ClFN. The van der Waals surface area contributed by atoms with Crippen LogP contribution in [0.1, 0.15) is 51.0 Å². The second-order valence-corrected chi connectivity index (χ2v) is 6.33. The van der Waals surface area contributed by atoms with Crippen LogP contribution in [0.25, 0.3) is 0 Å². The van der Waals surface area contributed by atoms with Crippen molar-refractivity contribution in [2.45, 2.75) is 57.9 Å². The lowest BCUT2D eigenvalue weighted by atomic mass is 9.95. The van der Waals surface area contributed by atoms with Crippen LogP contribution in [0.5, 0.6) is 0 Å². The van der Waals surface area contributed by atoms with Gasteiger partial charge in [-0.05, 0) is 55.5 Å². The van der Waals surface area contributed by atoms with E-state index in [-0.39, 0.29) is 5.82 Å². The molecule has 1 aromatic carbocycles. The maximum absolute atomic E-state index is 13.3. The first-order valence-corrected chi connectivity index (χ1v) is 8.24. The van der Waals surface area contributed by atoms with Crippen LogP contribution in [0, 0.1) is 11.7 Å². The summed E-state index contributed by atoms with van der Waals surface area (Å²) in [5.41, 5.74) is 0.920. The van der Waals surface area contributed by atoms with Crippen molar-refractivity contribution in [3.63, 3.8) is 0 Å². The fourth-order valence-corrected chi connectivity index (χ4v) is 3.46. The molecule has 0 bridgehead atoms. The molecular weight excluding hydrogens is 273 g/mol. The summed E-state index contributed by atoms with van der Waals surface area (Å²) in [6, 6.07) is 5.06. The van der Waals surface area contributed by atoms with E-state index in [0.29, 0.717) is 11.1 Å². The second-order valence-electron chi connectivity index (χ2n) is 5.92. The zero-order valence-electron chi connectivity index (χ0n) is 12.3. The molecule has 1 fully saturated rings. The standard InChI is InChI=1S/C17H25ClFN/c1-2-20-16(9-7-13-5-3-4-6-13)12-14-11-15(19)8-10-17(14)18/h8,10-11,13,16,20H,2-7,9,12H2,1H3. The van der Waals surface area contributed by atoms with Gasteiger partial charge in [-0.3, -0.25) is 0 Å². The Morgan fingerprint density at radius 1 is 1.35 bits per heavy atom. The largest absolute Gasteiger partial charge is 0.314 e. The SMILES string of the molecule is CCNC(CCC1CCCC1)Cc1cc(F)ccc1Cl. The second kappa shape index (κ2) is 7.99. The zero-order valence-corrected chi connectivity index (χ0v) is 13.1. The third-order valence-electron chi connectivity index (χ3n) is 4.36. The minimum atomic E-state index is -0.199. The van der Waals surface area contributed by atoms with E-state index in [1.807, 2.05) is 0 Å². The molecule has 0 heterocycles. The fraction of sp³-hybridized carbons (Fsp3) is 0.647.